The summed E-state index contributed by atoms with van der Waals surface area (Å²) in [6.07, 6.45) is 3.09. The van der Waals surface area contributed by atoms with Gasteiger partial charge in [-0.25, -0.2) is 4.98 Å². The van der Waals surface area contributed by atoms with Gasteiger partial charge in [-0.1, -0.05) is 29.0 Å². The zero-order valence-corrected chi connectivity index (χ0v) is 17.9. The molecular formula is C21H17ClN4O4S. The summed E-state index contributed by atoms with van der Waals surface area (Å²) in [4.78, 5) is 29.1. The van der Waals surface area contributed by atoms with Gasteiger partial charge in [0.2, 0.25) is 4.96 Å². The SMILES string of the molecule is CCOc1cc(/C=c2\sc3ncnn3c2=O)ccc1OCC(=O)Nc1ccc(Cl)cc1. The standard InChI is InChI=1S/C21H17ClN4O4S/c1-2-29-17-9-13(10-18-20(28)26-21(31-18)23-12-24-26)3-8-16(17)30-11-19(27)25-15-6-4-14(22)5-7-15/h3-10,12H,2,11H2,1H3,(H,25,27)/b18-10-. The van der Waals surface area contributed by atoms with Crippen molar-refractivity contribution < 1.29 is 14.3 Å². The van der Waals surface area contributed by atoms with E-state index in [1.54, 1.807) is 48.5 Å². The molecule has 0 fully saturated rings. The van der Waals surface area contributed by atoms with Gasteiger partial charge in [-0.05, 0) is 55.0 Å². The van der Waals surface area contributed by atoms with E-state index >= 15 is 0 Å². The van der Waals surface area contributed by atoms with Gasteiger partial charge in [0, 0.05) is 10.7 Å². The third-order valence-corrected chi connectivity index (χ3v) is 5.40. The van der Waals surface area contributed by atoms with Crippen LogP contribution >= 0.6 is 22.9 Å². The van der Waals surface area contributed by atoms with Crippen LogP contribution in [0.3, 0.4) is 0 Å². The third-order valence-electron chi connectivity index (χ3n) is 4.17. The molecule has 2 aromatic carbocycles. The van der Waals surface area contributed by atoms with Crippen LogP contribution in [-0.2, 0) is 4.79 Å². The molecule has 0 saturated heterocycles. The molecule has 31 heavy (non-hydrogen) atoms. The predicted octanol–water partition coefficient (Wildman–Crippen LogP) is 2.77. The van der Waals surface area contributed by atoms with E-state index in [1.165, 1.54) is 22.2 Å². The lowest BCUT2D eigenvalue weighted by Crippen LogP contribution is -2.23. The number of nitrogens with one attached hydrogen (secondary N) is 1. The molecule has 0 saturated carbocycles. The summed E-state index contributed by atoms with van der Waals surface area (Å²) in [6, 6.07) is 12.0. The number of fused-ring (bicyclic) bond motifs is 1. The molecule has 158 valence electrons. The highest BCUT2D eigenvalue weighted by Gasteiger charge is 2.10. The average Bonchev–Trinajstić information content (AvgIpc) is 3.33. The maximum atomic E-state index is 12.3. The minimum Gasteiger partial charge on any atom is -0.490 e. The Morgan fingerprint density at radius 2 is 2.00 bits per heavy atom. The molecular weight excluding hydrogens is 440 g/mol. The van der Waals surface area contributed by atoms with Crippen molar-refractivity contribution >= 4 is 45.6 Å². The van der Waals surface area contributed by atoms with Crippen LogP contribution in [0.1, 0.15) is 12.5 Å². The Labute approximate surface area is 185 Å². The number of thiazole rings is 1. The Balaban J connectivity index is 1.50. The van der Waals surface area contributed by atoms with Crippen molar-refractivity contribution in [3.05, 3.63) is 74.3 Å². The zero-order chi connectivity index (χ0) is 21.8. The summed E-state index contributed by atoms with van der Waals surface area (Å²) in [6.45, 7) is 2.08. The van der Waals surface area contributed by atoms with Gasteiger partial charge in [0.05, 0.1) is 11.1 Å². The Bertz CT molecular complexity index is 1330. The number of benzene rings is 2. The number of rotatable bonds is 7. The number of hydrogen-bond donors (Lipinski definition) is 1. The summed E-state index contributed by atoms with van der Waals surface area (Å²) >= 11 is 7.10. The highest BCUT2D eigenvalue weighted by Crippen LogP contribution is 2.29. The fourth-order valence-electron chi connectivity index (χ4n) is 2.80. The molecule has 0 bridgehead atoms. The summed E-state index contributed by atoms with van der Waals surface area (Å²) < 4.78 is 13.1. The summed E-state index contributed by atoms with van der Waals surface area (Å²) in [5, 5.41) is 7.23. The van der Waals surface area contributed by atoms with Gasteiger partial charge in [0.25, 0.3) is 11.5 Å². The molecule has 0 atom stereocenters. The van der Waals surface area contributed by atoms with Crippen LogP contribution in [0, 0.1) is 0 Å². The topological polar surface area (TPSA) is 94.8 Å². The van der Waals surface area contributed by atoms with E-state index in [2.05, 4.69) is 15.4 Å². The van der Waals surface area contributed by atoms with E-state index in [0.717, 1.165) is 5.56 Å². The van der Waals surface area contributed by atoms with Gasteiger partial charge in [-0.2, -0.15) is 9.61 Å². The highest BCUT2D eigenvalue weighted by atomic mass is 35.5. The summed E-state index contributed by atoms with van der Waals surface area (Å²) in [5.74, 6) is 0.587. The first kappa shape index (κ1) is 20.8. The lowest BCUT2D eigenvalue weighted by atomic mass is 10.2. The summed E-state index contributed by atoms with van der Waals surface area (Å²) in [7, 11) is 0. The second-order valence-corrected chi connectivity index (χ2v) is 7.80. The van der Waals surface area contributed by atoms with Crippen molar-refractivity contribution in [3.8, 4) is 11.5 Å². The van der Waals surface area contributed by atoms with Crippen molar-refractivity contribution in [3.63, 3.8) is 0 Å². The first-order valence-electron chi connectivity index (χ1n) is 9.33. The molecule has 10 heteroatoms. The molecule has 0 radical (unpaired) electrons. The normalized spacial score (nSPS) is 11.6. The molecule has 0 aliphatic rings. The smallest absolute Gasteiger partial charge is 0.291 e. The molecule has 4 rings (SSSR count). The van der Waals surface area contributed by atoms with E-state index in [-0.39, 0.29) is 18.1 Å². The molecule has 1 N–H and O–H groups in total. The number of ether oxygens (including phenoxy) is 2. The number of anilines is 1. The van der Waals surface area contributed by atoms with Gasteiger partial charge >= 0.3 is 0 Å². The van der Waals surface area contributed by atoms with Gasteiger partial charge in [0.15, 0.2) is 18.1 Å². The number of aromatic nitrogens is 3. The monoisotopic (exact) mass is 456 g/mol. The van der Waals surface area contributed by atoms with Gasteiger partial charge < -0.3 is 14.8 Å². The van der Waals surface area contributed by atoms with Crippen molar-refractivity contribution in [2.75, 3.05) is 18.5 Å². The molecule has 0 aliphatic carbocycles. The molecule has 0 unspecified atom stereocenters. The van der Waals surface area contributed by atoms with Crippen molar-refractivity contribution in [1.82, 2.24) is 14.6 Å². The summed E-state index contributed by atoms with van der Waals surface area (Å²) in [5.41, 5.74) is 1.15. The van der Waals surface area contributed by atoms with E-state index < -0.39 is 0 Å². The second kappa shape index (κ2) is 9.15. The molecule has 1 amide bonds. The maximum absolute atomic E-state index is 12.3. The van der Waals surface area contributed by atoms with Crippen LogP contribution in [0.2, 0.25) is 5.02 Å². The Morgan fingerprint density at radius 3 is 2.74 bits per heavy atom. The minimum atomic E-state index is -0.314. The largest absolute Gasteiger partial charge is 0.490 e. The van der Waals surface area contributed by atoms with Gasteiger partial charge in [-0.3, -0.25) is 9.59 Å². The zero-order valence-electron chi connectivity index (χ0n) is 16.4. The number of nitrogens with zero attached hydrogens (tertiary/aromatic N) is 3. The fraction of sp³-hybridized carbons (Fsp3) is 0.143. The number of hydrogen-bond acceptors (Lipinski definition) is 7. The van der Waals surface area contributed by atoms with E-state index in [4.69, 9.17) is 21.1 Å². The highest BCUT2D eigenvalue weighted by molar-refractivity contribution is 7.15. The van der Waals surface area contributed by atoms with E-state index in [1.807, 2.05) is 6.92 Å². The number of halogens is 1. The van der Waals surface area contributed by atoms with Crippen LogP contribution in [0.5, 0.6) is 11.5 Å². The van der Waals surface area contributed by atoms with E-state index in [9.17, 15) is 9.59 Å². The fourth-order valence-corrected chi connectivity index (χ4v) is 3.81. The number of amides is 1. The predicted molar refractivity (Wildman–Crippen MR) is 119 cm³/mol. The number of carbonyl (C=O) groups excluding carboxylic acids is 1. The Hall–Kier alpha value is -3.43. The molecule has 0 aliphatic heterocycles. The lowest BCUT2D eigenvalue weighted by Gasteiger charge is -2.12. The maximum Gasteiger partial charge on any atom is 0.291 e. The first-order chi connectivity index (χ1) is 15.0. The minimum absolute atomic E-state index is 0.190. The van der Waals surface area contributed by atoms with Gasteiger partial charge in [-0.15, -0.1) is 0 Å². The molecule has 2 heterocycles. The number of carbonyl (C=O) groups is 1. The van der Waals surface area contributed by atoms with Crippen LogP contribution in [0.4, 0.5) is 5.69 Å². The van der Waals surface area contributed by atoms with Crippen molar-refractivity contribution in [2.45, 2.75) is 6.92 Å². The molecule has 0 spiro atoms. The quantitative estimate of drug-likeness (QED) is 0.459. The Morgan fingerprint density at radius 1 is 1.19 bits per heavy atom. The van der Waals surface area contributed by atoms with Crippen LogP contribution < -0.4 is 24.9 Å². The van der Waals surface area contributed by atoms with Crippen LogP contribution in [0.15, 0.2) is 53.6 Å². The first-order valence-corrected chi connectivity index (χ1v) is 10.5. The third kappa shape index (κ3) is 4.84. The van der Waals surface area contributed by atoms with E-state index in [0.29, 0.717) is 38.3 Å². The molecule has 2 aromatic heterocycles. The lowest BCUT2D eigenvalue weighted by molar-refractivity contribution is -0.118. The molecule has 4 aromatic rings. The Kier molecular flexibility index (Phi) is 6.15. The van der Waals surface area contributed by atoms with Gasteiger partial charge in [0.1, 0.15) is 6.33 Å². The van der Waals surface area contributed by atoms with Crippen molar-refractivity contribution in [2.24, 2.45) is 0 Å². The van der Waals surface area contributed by atoms with Crippen LogP contribution in [-0.4, -0.2) is 33.7 Å². The van der Waals surface area contributed by atoms with Crippen molar-refractivity contribution in [1.29, 1.82) is 0 Å². The molecule has 8 nitrogen and oxygen atoms in total. The average molecular weight is 457 g/mol. The van der Waals surface area contributed by atoms with Crippen LogP contribution in [0.25, 0.3) is 11.0 Å². The second-order valence-electron chi connectivity index (χ2n) is 6.35.